The Bertz CT molecular complexity index is 159. The third-order valence-corrected chi connectivity index (χ3v) is 2.78. The van der Waals surface area contributed by atoms with E-state index in [1.807, 2.05) is 0 Å². The molecular weight excluding hydrogens is 192 g/mol. The molecule has 0 aliphatic rings. The zero-order valence-corrected chi connectivity index (χ0v) is 10.6. The molecule has 3 heteroatoms. The van der Waals surface area contributed by atoms with E-state index in [1.54, 1.807) is 0 Å². The summed E-state index contributed by atoms with van der Waals surface area (Å²) in [5, 5.41) is 0. The van der Waals surface area contributed by atoms with Gasteiger partial charge in [-0.25, -0.2) is 0 Å². The maximum absolute atomic E-state index is 5.51. The Kier molecular flexibility index (Phi) is 8.09. The molecule has 2 nitrogen and oxygen atoms in total. The van der Waals surface area contributed by atoms with Crippen LogP contribution in [0.25, 0.3) is 0 Å². The van der Waals surface area contributed by atoms with E-state index < -0.39 is 0 Å². The van der Waals surface area contributed by atoms with Crippen molar-refractivity contribution in [3.8, 4) is 0 Å². The van der Waals surface area contributed by atoms with Crippen LogP contribution in [0.15, 0.2) is 0 Å². The van der Waals surface area contributed by atoms with Crippen molar-refractivity contribution in [2.45, 2.75) is 52.0 Å². The summed E-state index contributed by atoms with van der Waals surface area (Å²) in [5.41, 5.74) is 5.51. The number of hydrogen-bond acceptors (Lipinski definition) is 2. The zero-order chi connectivity index (χ0) is 11.0. The highest BCUT2D eigenvalue weighted by atomic mass is 32.1. The number of hydrogen-bond donors (Lipinski definition) is 1. The van der Waals surface area contributed by atoms with Crippen LogP contribution in [-0.4, -0.2) is 29.5 Å². The van der Waals surface area contributed by atoms with Gasteiger partial charge in [0.1, 0.15) is 0 Å². The molecule has 1 atom stereocenters. The minimum absolute atomic E-state index is 0.481. The van der Waals surface area contributed by atoms with Gasteiger partial charge in [0, 0.05) is 12.5 Å². The van der Waals surface area contributed by atoms with Crippen LogP contribution < -0.4 is 5.73 Å². The molecule has 0 radical (unpaired) electrons. The molecule has 2 N–H and O–H groups in total. The van der Waals surface area contributed by atoms with Crippen LogP contribution in [0.1, 0.15) is 46.0 Å². The van der Waals surface area contributed by atoms with Crippen molar-refractivity contribution in [1.82, 2.24) is 4.90 Å². The summed E-state index contributed by atoms with van der Waals surface area (Å²) in [6.45, 7) is 5.57. The summed E-state index contributed by atoms with van der Waals surface area (Å²) in [5.74, 6) is 0. The third kappa shape index (κ3) is 7.27. The quantitative estimate of drug-likeness (QED) is 0.499. The van der Waals surface area contributed by atoms with Gasteiger partial charge in [-0.15, -0.1) is 0 Å². The second kappa shape index (κ2) is 8.18. The molecule has 0 aliphatic heterocycles. The average molecular weight is 216 g/mol. The van der Waals surface area contributed by atoms with Gasteiger partial charge in [0.25, 0.3) is 0 Å². The van der Waals surface area contributed by atoms with Crippen molar-refractivity contribution in [3.63, 3.8) is 0 Å². The minimum Gasteiger partial charge on any atom is -0.393 e. The van der Waals surface area contributed by atoms with E-state index in [0.717, 1.165) is 13.0 Å². The van der Waals surface area contributed by atoms with Crippen molar-refractivity contribution in [2.75, 3.05) is 13.6 Å². The van der Waals surface area contributed by atoms with Gasteiger partial charge in [0.05, 0.1) is 4.99 Å². The van der Waals surface area contributed by atoms with Crippen LogP contribution in [0.2, 0.25) is 0 Å². The SMILES string of the molecule is CCCCCCN(C)C(C)CC(N)=S. The molecule has 0 bridgehead atoms. The van der Waals surface area contributed by atoms with Crippen LogP contribution >= 0.6 is 12.2 Å². The molecule has 0 amide bonds. The van der Waals surface area contributed by atoms with Gasteiger partial charge in [-0.3, -0.25) is 0 Å². The second-order valence-electron chi connectivity index (χ2n) is 4.06. The van der Waals surface area contributed by atoms with Gasteiger partial charge in [-0.05, 0) is 26.9 Å². The highest BCUT2D eigenvalue weighted by Crippen LogP contribution is 2.05. The number of nitrogens with two attached hydrogens (primary N) is 1. The highest BCUT2D eigenvalue weighted by Gasteiger charge is 2.09. The fourth-order valence-electron chi connectivity index (χ4n) is 1.46. The van der Waals surface area contributed by atoms with E-state index in [4.69, 9.17) is 18.0 Å². The Labute approximate surface area is 93.8 Å². The molecule has 0 aromatic carbocycles. The largest absolute Gasteiger partial charge is 0.393 e. The summed E-state index contributed by atoms with van der Waals surface area (Å²) in [6.07, 6.45) is 6.09. The van der Waals surface area contributed by atoms with Crippen molar-refractivity contribution in [1.29, 1.82) is 0 Å². The molecule has 14 heavy (non-hydrogen) atoms. The van der Waals surface area contributed by atoms with E-state index in [2.05, 4.69) is 25.8 Å². The number of thiocarbonyl (C=S) groups is 1. The third-order valence-electron chi connectivity index (χ3n) is 2.61. The van der Waals surface area contributed by atoms with E-state index >= 15 is 0 Å². The van der Waals surface area contributed by atoms with Crippen molar-refractivity contribution >= 4 is 17.2 Å². The normalized spacial score (nSPS) is 13.1. The molecule has 1 unspecified atom stereocenters. The summed E-state index contributed by atoms with van der Waals surface area (Å²) >= 11 is 4.90. The topological polar surface area (TPSA) is 29.3 Å². The first-order chi connectivity index (χ1) is 6.57. The second-order valence-corrected chi connectivity index (χ2v) is 4.59. The lowest BCUT2D eigenvalue weighted by Crippen LogP contribution is -2.33. The number of unbranched alkanes of at least 4 members (excludes halogenated alkanes) is 3. The average Bonchev–Trinajstić information content (AvgIpc) is 2.11. The molecule has 0 saturated heterocycles. The fourth-order valence-corrected chi connectivity index (χ4v) is 1.70. The van der Waals surface area contributed by atoms with E-state index in [0.29, 0.717) is 11.0 Å². The first kappa shape index (κ1) is 13.8. The molecule has 0 aromatic heterocycles. The standard InChI is InChI=1S/C11H24N2S/c1-4-5-6-7-8-13(3)10(2)9-11(12)14/h10H,4-9H2,1-3H3,(H2,12,14). The van der Waals surface area contributed by atoms with Crippen molar-refractivity contribution in [3.05, 3.63) is 0 Å². The molecule has 84 valence electrons. The summed E-state index contributed by atoms with van der Waals surface area (Å²) in [7, 11) is 2.15. The molecular formula is C11H24N2S. The predicted molar refractivity (Wildman–Crippen MR) is 67.6 cm³/mol. The lowest BCUT2D eigenvalue weighted by molar-refractivity contribution is 0.257. The Balaban J connectivity index is 3.51. The van der Waals surface area contributed by atoms with Gasteiger partial charge in [0.2, 0.25) is 0 Å². The van der Waals surface area contributed by atoms with Crippen LogP contribution in [0.4, 0.5) is 0 Å². The first-order valence-corrected chi connectivity index (χ1v) is 5.97. The lowest BCUT2D eigenvalue weighted by atomic mass is 10.1. The summed E-state index contributed by atoms with van der Waals surface area (Å²) < 4.78 is 0. The Morgan fingerprint density at radius 1 is 1.36 bits per heavy atom. The van der Waals surface area contributed by atoms with Gasteiger partial charge in [-0.2, -0.15) is 0 Å². The van der Waals surface area contributed by atoms with Gasteiger partial charge >= 0.3 is 0 Å². The van der Waals surface area contributed by atoms with E-state index in [-0.39, 0.29) is 0 Å². The molecule has 0 aliphatic carbocycles. The summed E-state index contributed by atoms with van der Waals surface area (Å²) in [6, 6.07) is 0.481. The van der Waals surface area contributed by atoms with Crippen LogP contribution in [0, 0.1) is 0 Å². The predicted octanol–water partition coefficient (Wildman–Crippen LogP) is 2.56. The fraction of sp³-hybridized carbons (Fsp3) is 0.909. The van der Waals surface area contributed by atoms with Crippen LogP contribution in [0.3, 0.4) is 0 Å². The zero-order valence-electron chi connectivity index (χ0n) is 9.75. The van der Waals surface area contributed by atoms with Crippen LogP contribution in [-0.2, 0) is 0 Å². The molecule has 0 heterocycles. The van der Waals surface area contributed by atoms with Crippen LogP contribution in [0.5, 0.6) is 0 Å². The monoisotopic (exact) mass is 216 g/mol. The summed E-state index contributed by atoms with van der Waals surface area (Å²) in [4.78, 5) is 2.97. The molecule has 0 spiro atoms. The van der Waals surface area contributed by atoms with Gasteiger partial charge < -0.3 is 10.6 Å². The van der Waals surface area contributed by atoms with Gasteiger partial charge in [-0.1, -0.05) is 38.4 Å². The lowest BCUT2D eigenvalue weighted by Gasteiger charge is -2.24. The Hall–Kier alpha value is -0.150. The van der Waals surface area contributed by atoms with Gasteiger partial charge in [0.15, 0.2) is 0 Å². The van der Waals surface area contributed by atoms with E-state index in [9.17, 15) is 0 Å². The molecule has 0 fully saturated rings. The molecule has 0 saturated carbocycles. The maximum atomic E-state index is 5.51. The minimum atomic E-state index is 0.481. The molecule has 0 aromatic rings. The Morgan fingerprint density at radius 2 is 2.00 bits per heavy atom. The molecule has 0 rings (SSSR count). The smallest absolute Gasteiger partial charge is 0.0742 e. The van der Waals surface area contributed by atoms with E-state index in [1.165, 1.54) is 25.7 Å². The van der Waals surface area contributed by atoms with Crippen molar-refractivity contribution < 1.29 is 0 Å². The Morgan fingerprint density at radius 3 is 2.50 bits per heavy atom. The van der Waals surface area contributed by atoms with Crippen molar-refractivity contribution in [2.24, 2.45) is 5.73 Å². The number of nitrogens with zero attached hydrogens (tertiary/aromatic N) is 1. The number of rotatable bonds is 8. The first-order valence-electron chi connectivity index (χ1n) is 5.56. The highest BCUT2D eigenvalue weighted by molar-refractivity contribution is 7.80. The maximum Gasteiger partial charge on any atom is 0.0742 e.